The third-order valence-electron chi connectivity index (χ3n) is 7.03. The molecule has 0 spiro atoms. The van der Waals surface area contributed by atoms with E-state index >= 15 is 0 Å². The Morgan fingerprint density at radius 3 is 2.39 bits per heavy atom. The van der Waals surface area contributed by atoms with E-state index in [0.29, 0.717) is 31.1 Å². The summed E-state index contributed by atoms with van der Waals surface area (Å²) in [4.78, 5) is 17.4. The largest absolute Gasteiger partial charge is 0.362 e. The number of hydrogen-bond donors (Lipinski definition) is 0. The Kier molecular flexibility index (Phi) is 6.25. The molecule has 7 heteroatoms. The highest BCUT2D eigenvalue weighted by Crippen LogP contribution is 2.32. The van der Waals surface area contributed by atoms with Crippen molar-refractivity contribution >= 4 is 27.2 Å². The molecule has 0 aliphatic carbocycles. The van der Waals surface area contributed by atoms with Crippen molar-refractivity contribution in [3.8, 4) is 0 Å². The van der Waals surface area contributed by atoms with Gasteiger partial charge in [0, 0.05) is 38.4 Å². The van der Waals surface area contributed by atoms with Gasteiger partial charge < -0.3 is 9.80 Å². The lowest BCUT2D eigenvalue weighted by atomic mass is 9.99. The molecule has 6 nitrogen and oxygen atoms in total. The number of carbonyl (C=O) groups excluding carboxylic acids is 1. The summed E-state index contributed by atoms with van der Waals surface area (Å²) < 4.78 is 27.7. The van der Waals surface area contributed by atoms with Gasteiger partial charge in [-0.3, -0.25) is 4.79 Å². The van der Waals surface area contributed by atoms with Crippen LogP contribution in [0, 0.1) is 0 Å². The average molecular weight is 466 g/mol. The van der Waals surface area contributed by atoms with Crippen LogP contribution < -0.4 is 4.90 Å². The minimum absolute atomic E-state index is 0.122. The van der Waals surface area contributed by atoms with Crippen molar-refractivity contribution in [1.29, 1.82) is 0 Å². The normalized spacial score (nSPS) is 19.3. The molecule has 2 aromatic rings. The Labute approximate surface area is 196 Å². The molecule has 0 radical (unpaired) electrons. The average Bonchev–Trinajstić information content (AvgIpc) is 3.27. The van der Waals surface area contributed by atoms with Crippen molar-refractivity contribution in [2.45, 2.75) is 37.0 Å². The number of anilines is 1. The number of nitrogens with zero attached hydrogens (tertiary/aromatic N) is 3. The van der Waals surface area contributed by atoms with E-state index in [4.69, 9.17) is 0 Å². The van der Waals surface area contributed by atoms with Crippen molar-refractivity contribution < 1.29 is 13.2 Å². The van der Waals surface area contributed by atoms with E-state index in [0.717, 1.165) is 56.4 Å². The van der Waals surface area contributed by atoms with Gasteiger partial charge in [-0.2, -0.15) is 4.31 Å². The van der Waals surface area contributed by atoms with Crippen molar-refractivity contribution in [3.63, 3.8) is 0 Å². The third kappa shape index (κ3) is 4.57. The Balaban J connectivity index is 1.24. The molecule has 1 fully saturated rings. The predicted molar refractivity (Wildman–Crippen MR) is 131 cm³/mol. The quantitative estimate of drug-likeness (QED) is 0.678. The first kappa shape index (κ1) is 22.2. The number of carbonyl (C=O) groups is 1. The van der Waals surface area contributed by atoms with Gasteiger partial charge in [-0.05, 0) is 60.6 Å². The number of rotatable bonds is 5. The molecule has 5 rings (SSSR count). The second-order valence-electron chi connectivity index (χ2n) is 9.11. The van der Waals surface area contributed by atoms with E-state index in [1.54, 1.807) is 10.4 Å². The third-order valence-corrected chi connectivity index (χ3v) is 8.92. The molecule has 2 aromatic carbocycles. The van der Waals surface area contributed by atoms with Crippen LogP contribution >= 0.6 is 0 Å². The lowest BCUT2D eigenvalue weighted by Gasteiger charge is -2.29. The Morgan fingerprint density at radius 1 is 0.879 bits per heavy atom. The van der Waals surface area contributed by atoms with Crippen molar-refractivity contribution in [2.75, 3.05) is 44.2 Å². The van der Waals surface area contributed by atoms with Crippen LogP contribution in [0.5, 0.6) is 0 Å². The maximum Gasteiger partial charge on any atom is 0.243 e. The first-order valence-electron chi connectivity index (χ1n) is 11.9. The second kappa shape index (κ2) is 9.31. The van der Waals surface area contributed by atoms with Crippen LogP contribution in [0.25, 0.3) is 5.57 Å². The van der Waals surface area contributed by atoms with Gasteiger partial charge in [0.25, 0.3) is 0 Å². The number of amides is 1. The number of benzene rings is 2. The fourth-order valence-electron chi connectivity index (χ4n) is 5.10. The molecular weight excluding hydrogens is 434 g/mol. The summed E-state index contributed by atoms with van der Waals surface area (Å²) in [5.41, 5.74) is 4.53. The topological polar surface area (TPSA) is 60.9 Å². The van der Waals surface area contributed by atoms with Gasteiger partial charge in [0.1, 0.15) is 0 Å². The molecule has 33 heavy (non-hydrogen) atoms. The number of fused-ring (bicyclic) bond motifs is 1. The summed E-state index contributed by atoms with van der Waals surface area (Å²) in [6.07, 6.45) is 6.75. The number of hydrogen-bond acceptors (Lipinski definition) is 4. The Hall–Kier alpha value is -2.64. The zero-order valence-corrected chi connectivity index (χ0v) is 19.8. The summed E-state index contributed by atoms with van der Waals surface area (Å²) in [7, 11) is -3.44. The summed E-state index contributed by atoms with van der Waals surface area (Å²) in [5.74, 6) is 0.122. The van der Waals surface area contributed by atoms with Crippen molar-refractivity contribution in [3.05, 3.63) is 65.7 Å². The van der Waals surface area contributed by atoms with E-state index in [1.807, 2.05) is 35.2 Å². The Bertz CT molecular complexity index is 1150. The van der Waals surface area contributed by atoms with Gasteiger partial charge in [-0.25, -0.2) is 8.42 Å². The fraction of sp³-hybridized carbons (Fsp3) is 0.423. The van der Waals surface area contributed by atoms with E-state index < -0.39 is 10.0 Å². The van der Waals surface area contributed by atoms with Crippen LogP contribution in [0.4, 0.5) is 5.69 Å². The highest BCUT2D eigenvalue weighted by molar-refractivity contribution is 7.89. The molecule has 3 aliphatic heterocycles. The van der Waals surface area contributed by atoms with Gasteiger partial charge in [0.2, 0.25) is 15.9 Å². The lowest BCUT2D eigenvalue weighted by molar-refractivity contribution is -0.129. The second-order valence-corrected chi connectivity index (χ2v) is 11.0. The molecule has 174 valence electrons. The molecule has 0 N–H and O–H groups in total. The summed E-state index contributed by atoms with van der Waals surface area (Å²) in [6, 6.07) is 15.7. The van der Waals surface area contributed by atoms with E-state index in [-0.39, 0.29) is 5.91 Å². The van der Waals surface area contributed by atoms with Crippen molar-refractivity contribution in [2.24, 2.45) is 0 Å². The highest BCUT2D eigenvalue weighted by Gasteiger charge is 2.29. The molecule has 0 atom stereocenters. The van der Waals surface area contributed by atoms with E-state index in [2.05, 4.69) is 23.1 Å². The van der Waals surface area contributed by atoms with Gasteiger partial charge in [-0.15, -0.1) is 0 Å². The van der Waals surface area contributed by atoms with Crippen LogP contribution in [0.1, 0.15) is 36.8 Å². The van der Waals surface area contributed by atoms with Crippen LogP contribution in [0.2, 0.25) is 0 Å². The van der Waals surface area contributed by atoms with Crippen LogP contribution in [0.3, 0.4) is 0 Å². The SMILES string of the molecule is O=C(CN1CCc2cc(S(=O)(=O)N3CCCCC3)ccc21)N1CC=C(c2ccccc2)CC1. The predicted octanol–water partition coefficient (Wildman–Crippen LogP) is 3.54. The molecular formula is C26H31N3O3S. The maximum absolute atomic E-state index is 13.0. The molecule has 3 aliphatic rings. The minimum atomic E-state index is -3.44. The van der Waals surface area contributed by atoms with Gasteiger partial charge in [-0.1, -0.05) is 42.8 Å². The fourth-order valence-corrected chi connectivity index (χ4v) is 6.67. The molecule has 0 unspecified atom stereocenters. The number of sulfonamides is 1. The highest BCUT2D eigenvalue weighted by atomic mass is 32.2. The lowest BCUT2D eigenvalue weighted by Crippen LogP contribution is -2.41. The van der Waals surface area contributed by atoms with Crippen LogP contribution in [0.15, 0.2) is 59.5 Å². The molecule has 0 aromatic heterocycles. The zero-order valence-electron chi connectivity index (χ0n) is 18.9. The molecule has 3 heterocycles. The van der Waals surface area contributed by atoms with E-state index in [1.165, 1.54) is 11.1 Å². The zero-order chi connectivity index (χ0) is 22.8. The van der Waals surface area contributed by atoms with E-state index in [9.17, 15) is 13.2 Å². The smallest absolute Gasteiger partial charge is 0.243 e. The molecule has 1 amide bonds. The van der Waals surface area contributed by atoms with Crippen LogP contribution in [-0.2, 0) is 21.2 Å². The maximum atomic E-state index is 13.0. The molecule has 1 saturated heterocycles. The summed E-state index contributed by atoms with van der Waals surface area (Å²) in [5, 5.41) is 0. The number of piperidine rings is 1. The summed E-state index contributed by atoms with van der Waals surface area (Å²) >= 11 is 0. The minimum Gasteiger partial charge on any atom is -0.362 e. The van der Waals surface area contributed by atoms with Crippen molar-refractivity contribution in [1.82, 2.24) is 9.21 Å². The molecule has 0 saturated carbocycles. The Morgan fingerprint density at radius 2 is 1.67 bits per heavy atom. The molecule has 0 bridgehead atoms. The van der Waals surface area contributed by atoms with Gasteiger partial charge in [0.15, 0.2) is 0 Å². The van der Waals surface area contributed by atoms with Crippen LogP contribution in [-0.4, -0.2) is 62.8 Å². The monoisotopic (exact) mass is 465 g/mol. The first-order valence-corrected chi connectivity index (χ1v) is 13.4. The van der Waals surface area contributed by atoms with Gasteiger partial charge in [0.05, 0.1) is 11.4 Å². The summed E-state index contributed by atoms with van der Waals surface area (Å²) in [6.45, 7) is 3.66. The standard InChI is InChI=1S/C26H31N3O3S/c30-26(27-16-11-22(12-17-27)21-7-3-1-4-8-21)20-28-18-13-23-19-24(9-10-25(23)28)33(31,32)29-14-5-2-6-15-29/h1,3-4,7-11,19H,2,5-6,12-18,20H2. The van der Waals surface area contributed by atoms with Gasteiger partial charge >= 0.3 is 0 Å². The first-order chi connectivity index (χ1) is 16.0.